The van der Waals surface area contributed by atoms with Gasteiger partial charge < -0.3 is 8.85 Å². The zero-order valence-electron chi connectivity index (χ0n) is 10.6. The molecule has 0 aromatic rings. The molecule has 0 fully saturated rings. The molecule has 0 rings (SSSR count). The van der Waals surface area contributed by atoms with Crippen LogP contribution in [0.3, 0.4) is 0 Å². The van der Waals surface area contributed by atoms with Crippen molar-refractivity contribution in [3.05, 3.63) is 0 Å². The van der Waals surface area contributed by atoms with E-state index in [0.717, 1.165) is 25.3 Å². The Kier molecular flexibility index (Phi) is 5.94. The fraction of sp³-hybridized carbons (Fsp3) is 1.00. The van der Waals surface area contributed by atoms with E-state index >= 15 is 0 Å². The van der Waals surface area contributed by atoms with E-state index in [9.17, 15) is 0 Å². The third-order valence-corrected chi connectivity index (χ3v) is 6.46. The molecule has 0 aliphatic carbocycles. The Morgan fingerprint density at radius 1 is 0.929 bits per heavy atom. The number of hydrogen-bond donors (Lipinski definition) is 0. The average molecular weight is 218 g/mol. The lowest BCUT2D eigenvalue weighted by molar-refractivity contribution is 0.172. The normalized spacial score (nSPS) is 13.3. The average Bonchev–Trinajstić information content (AvgIpc) is 2.02. The monoisotopic (exact) mass is 218 g/mol. The molecule has 0 aliphatic rings. The van der Waals surface area contributed by atoms with Crippen LogP contribution in [0.15, 0.2) is 0 Å². The Morgan fingerprint density at radius 3 is 1.57 bits per heavy atom. The molecule has 0 radical (unpaired) electrons. The summed E-state index contributed by atoms with van der Waals surface area (Å²) in [5, 5.41) is 0. The van der Waals surface area contributed by atoms with Crippen LogP contribution in [-0.4, -0.2) is 21.8 Å². The summed E-state index contributed by atoms with van der Waals surface area (Å²) in [6, 6.07) is 2.13. The molecule has 2 nitrogen and oxygen atoms in total. The molecule has 0 aromatic carbocycles. The van der Waals surface area contributed by atoms with Gasteiger partial charge in [-0.3, -0.25) is 0 Å². The smallest absolute Gasteiger partial charge is 0.338 e. The van der Waals surface area contributed by atoms with E-state index in [0.29, 0.717) is 5.41 Å². The molecule has 0 aliphatic heterocycles. The molecule has 0 saturated heterocycles. The van der Waals surface area contributed by atoms with Crippen LogP contribution in [0.2, 0.25) is 12.1 Å². The van der Waals surface area contributed by atoms with Gasteiger partial charge in [0.1, 0.15) is 0 Å². The van der Waals surface area contributed by atoms with Crippen molar-refractivity contribution in [3.8, 4) is 0 Å². The highest BCUT2D eigenvalue weighted by molar-refractivity contribution is 6.67. The largest absolute Gasteiger partial charge is 0.394 e. The van der Waals surface area contributed by atoms with Crippen LogP contribution in [0.4, 0.5) is 0 Å². The van der Waals surface area contributed by atoms with Gasteiger partial charge in [-0.1, -0.05) is 27.7 Å². The predicted molar refractivity (Wildman–Crippen MR) is 63.7 cm³/mol. The maximum absolute atomic E-state index is 5.91. The zero-order valence-corrected chi connectivity index (χ0v) is 11.6. The topological polar surface area (TPSA) is 18.5 Å². The molecule has 14 heavy (non-hydrogen) atoms. The van der Waals surface area contributed by atoms with Crippen LogP contribution in [0, 0.1) is 5.41 Å². The van der Waals surface area contributed by atoms with Crippen LogP contribution in [0.25, 0.3) is 0 Å². The third-order valence-electron chi connectivity index (χ3n) is 2.15. The fourth-order valence-electron chi connectivity index (χ4n) is 1.81. The molecule has 86 valence electrons. The maximum atomic E-state index is 5.91. The van der Waals surface area contributed by atoms with Crippen LogP contribution in [0.5, 0.6) is 0 Å². The Bertz CT molecular complexity index is 146. The van der Waals surface area contributed by atoms with E-state index in [1.54, 1.807) is 0 Å². The zero-order chi connectivity index (χ0) is 11.2. The molecule has 0 spiro atoms. The fourth-order valence-corrected chi connectivity index (χ4v) is 5.42. The number of hydrogen-bond acceptors (Lipinski definition) is 2. The van der Waals surface area contributed by atoms with E-state index in [-0.39, 0.29) is 0 Å². The van der Waals surface area contributed by atoms with Gasteiger partial charge >= 0.3 is 8.56 Å². The summed E-state index contributed by atoms with van der Waals surface area (Å²) in [5.74, 6) is 0. The van der Waals surface area contributed by atoms with Gasteiger partial charge in [-0.15, -0.1) is 0 Å². The summed E-state index contributed by atoms with van der Waals surface area (Å²) in [7, 11) is -1.90. The second-order valence-corrected chi connectivity index (χ2v) is 8.33. The standard InChI is InChI=1S/C11H26O2Si/c1-7-12-14(9-3,13-8-2)10-11(4,5)6/h7-10H2,1-6H3. The summed E-state index contributed by atoms with van der Waals surface area (Å²) < 4.78 is 11.8. The first-order valence-corrected chi connectivity index (χ1v) is 7.90. The summed E-state index contributed by atoms with van der Waals surface area (Å²) in [4.78, 5) is 0. The quantitative estimate of drug-likeness (QED) is 0.635. The van der Waals surface area contributed by atoms with Gasteiger partial charge in [0, 0.05) is 13.2 Å². The predicted octanol–water partition coefficient (Wildman–Crippen LogP) is 3.57. The lowest BCUT2D eigenvalue weighted by Crippen LogP contribution is -2.44. The molecular formula is C11H26O2Si. The molecule has 3 heteroatoms. The molecule has 0 heterocycles. The highest BCUT2D eigenvalue weighted by atomic mass is 28.4. The van der Waals surface area contributed by atoms with Gasteiger partial charge in [-0.25, -0.2) is 0 Å². The van der Waals surface area contributed by atoms with E-state index < -0.39 is 8.56 Å². The molecule has 0 atom stereocenters. The lowest BCUT2D eigenvalue weighted by atomic mass is 10.0. The van der Waals surface area contributed by atoms with E-state index in [1.807, 2.05) is 0 Å². The van der Waals surface area contributed by atoms with Gasteiger partial charge in [0.2, 0.25) is 0 Å². The van der Waals surface area contributed by atoms with Crippen molar-refractivity contribution >= 4 is 8.56 Å². The summed E-state index contributed by atoms with van der Waals surface area (Å²) >= 11 is 0. The van der Waals surface area contributed by atoms with Crippen molar-refractivity contribution in [2.75, 3.05) is 13.2 Å². The van der Waals surface area contributed by atoms with Crippen molar-refractivity contribution in [2.45, 2.75) is 53.6 Å². The highest BCUT2D eigenvalue weighted by Crippen LogP contribution is 2.31. The summed E-state index contributed by atoms with van der Waals surface area (Å²) in [6.07, 6.45) is 0. The molecule has 0 bridgehead atoms. The Hall–Kier alpha value is 0.137. The van der Waals surface area contributed by atoms with Crippen molar-refractivity contribution in [3.63, 3.8) is 0 Å². The minimum absolute atomic E-state index is 0.298. The number of rotatable bonds is 6. The highest BCUT2D eigenvalue weighted by Gasteiger charge is 2.39. The SMILES string of the molecule is CCO[Si](CC)(CC(C)(C)C)OCC. The minimum atomic E-state index is -1.90. The Balaban J connectivity index is 4.48. The Labute approximate surface area is 90.2 Å². The van der Waals surface area contributed by atoms with Crippen LogP contribution >= 0.6 is 0 Å². The molecular weight excluding hydrogens is 192 g/mol. The first-order valence-electron chi connectivity index (χ1n) is 5.67. The molecule has 0 aromatic heterocycles. The molecule has 0 unspecified atom stereocenters. The van der Waals surface area contributed by atoms with Gasteiger partial charge in [-0.2, -0.15) is 0 Å². The molecule has 0 saturated carbocycles. The lowest BCUT2D eigenvalue weighted by Gasteiger charge is -2.34. The Morgan fingerprint density at radius 2 is 1.36 bits per heavy atom. The van der Waals surface area contributed by atoms with Crippen molar-refractivity contribution in [1.82, 2.24) is 0 Å². The maximum Gasteiger partial charge on any atom is 0.338 e. The third kappa shape index (κ3) is 5.13. The molecule has 0 N–H and O–H groups in total. The summed E-state index contributed by atoms with van der Waals surface area (Å²) in [5.41, 5.74) is 0.298. The van der Waals surface area contributed by atoms with E-state index in [2.05, 4.69) is 41.5 Å². The van der Waals surface area contributed by atoms with Gasteiger partial charge in [0.05, 0.1) is 0 Å². The second kappa shape index (κ2) is 5.88. The van der Waals surface area contributed by atoms with Gasteiger partial charge in [-0.05, 0) is 31.4 Å². The second-order valence-electron chi connectivity index (χ2n) is 4.87. The first-order chi connectivity index (χ1) is 6.39. The van der Waals surface area contributed by atoms with E-state index in [4.69, 9.17) is 8.85 Å². The van der Waals surface area contributed by atoms with Crippen LogP contribution in [0.1, 0.15) is 41.5 Å². The van der Waals surface area contributed by atoms with Crippen molar-refractivity contribution in [2.24, 2.45) is 5.41 Å². The minimum Gasteiger partial charge on any atom is -0.394 e. The van der Waals surface area contributed by atoms with E-state index in [1.165, 1.54) is 0 Å². The van der Waals surface area contributed by atoms with Gasteiger partial charge in [0.15, 0.2) is 0 Å². The molecule has 0 amide bonds. The van der Waals surface area contributed by atoms with Gasteiger partial charge in [0.25, 0.3) is 0 Å². The van der Waals surface area contributed by atoms with Crippen LogP contribution < -0.4 is 0 Å². The summed E-state index contributed by atoms with van der Waals surface area (Å²) in [6.45, 7) is 14.6. The van der Waals surface area contributed by atoms with Crippen molar-refractivity contribution in [1.29, 1.82) is 0 Å². The van der Waals surface area contributed by atoms with Crippen LogP contribution in [-0.2, 0) is 8.85 Å². The first kappa shape index (κ1) is 14.1. The van der Waals surface area contributed by atoms with Crippen molar-refractivity contribution < 1.29 is 8.85 Å².